The van der Waals surface area contributed by atoms with Crippen molar-refractivity contribution in [2.24, 2.45) is 0 Å². The first kappa shape index (κ1) is 21.8. The number of hydrogen-bond donors (Lipinski definition) is 2. The van der Waals surface area contributed by atoms with Crippen molar-refractivity contribution in [3.8, 4) is 17.7 Å². The minimum absolute atomic E-state index is 0.361. The predicted molar refractivity (Wildman–Crippen MR) is 132 cm³/mol. The van der Waals surface area contributed by atoms with Crippen LogP contribution >= 0.6 is 0 Å². The molecule has 0 aliphatic carbocycles. The largest absolute Gasteiger partial charge is 0.438 e. The molecule has 4 rings (SSSR count). The number of nitriles is 1. The first-order chi connectivity index (χ1) is 15.9. The fraction of sp³-hybridized carbons (Fsp3) is 0.148. The number of hydrogen-bond acceptors (Lipinski definition) is 6. The second kappa shape index (κ2) is 9.41. The Bertz CT molecular complexity index is 1330. The van der Waals surface area contributed by atoms with E-state index in [-0.39, 0.29) is 0 Å². The Labute approximate surface area is 193 Å². The summed E-state index contributed by atoms with van der Waals surface area (Å²) in [6, 6.07) is 23.3. The molecule has 0 aliphatic heterocycles. The molecule has 0 fully saturated rings. The van der Waals surface area contributed by atoms with Gasteiger partial charge in [-0.05, 0) is 74.7 Å². The minimum atomic E-state index is 0.361. The molecule has 0 saturated carbocycles. The molecule has 0 spiro atoms. The van der Waals surface area contributed by atoms with E-state index in [9.17, 15) is 5.26 Å². The SMILES string of the molecule is Cc1cccc(Nc2cc(Oc3c(C)cc(C)cc3C)nc(Nc3cccc(C#N)c3)n2)c1. The van der Waals surface area contributed by atoms with Gasteiger partial charge in [-0.3, -0.25) is 0 Å². The molecule has 0 amide bonds. The van der Waals surface area contributed by atoms with Crippen LogP contribution in [0.25, 0.3) is 0 Å². The maximum atomic E-state index is 9.20. The van der Waals surface area contributed by atoms with Gasteiger partial charge >= 0.3 is 0 Å². The number of rotatable bonds is 6. The third-order valence-corrected chi connectivity index (χ3v) is 5.05. The Kier molecular flexibility index (Phi) is 6.23. The molecule has 4 aromatic rings. The van der Waals surface area contributed by atoms with E-state index in [0.29, 0.717) is 23.2 Å². The van der Waals surface area contributed by atoms with Gasteiger partial charge in [0.15, 0.2) is 0 Å². The maximum absolute atomic E-state index is 9.20. The molecular formula is C27H25N5O. The van der Waals surface area contributed by atoms with E-state index < -0.39 is 0 Å². The van der Waals surface area contributed by atoms with E-state index in [0.717, 1.165) is 33.8 Å². The highest BCUT2D eigenvalue weighted by molar-refractivity contribution is 5.62. The van der Waals surface area contributed by atoms with E-state index in [2.05, 4.69) is 45.7 Å². The average molecular weight is 436 g/mol. The molecule has 1 heterocycles. The molecule has 0 aliphatic rings. The van der Waals surface area contributed by atoms with Crippen molar-refractivity contribution in [3.63, 3.8) is 0 Å². The summed E-state index contributed by atoms with van der Waals surface area (Å²) < 4.78 is 6.24. The molecule has 0 atom stereocenters. The number of nitrogens with one attached hydrogen (secondary N) is 2. The van der Waals surface area contributed by atoms with Crippen LogP contribution in [0.2, 0.25) is 0 Å². The lowest BCUT2D eigenvalue weighted by molar-refractivity contribution is 0.456. The zero-order valence-corrected chi connectivity index (χ0v) is 19.1. The molecule has 0 radical (unpaired) electrons. The fourth-order valence-electron chi connectivity index (χ4n) is 3.70. The van der Waals surface area contributed by atoms with Gasteiger partial charge in [0.05, 0.1) is 11.6 Å². The van der Waals surface area contributed by atoms with Crippen LogP contribution in [-0.4, -0.2) is 9.97 Å². The van der Waals surface area contributed by atoms with Gasteiger partial charge in [0.1, 0.15) is 11.6 Å². The Morgan fingerprint density at radius 1 is 0.758 bits per heavy atom. The second-order valence-electron chi connectivity index (χ2n) is 8.06. The minimum Gasteiger partial charge on any atom is -0.438 e. The molecule has 0 unspecified atom stereocenters. The first-order valence-corrected chi connectivity index (χ1v) is 10.7. The van der Waals surface area contributed by atoms with Crippen molar-refractivity contribution in [2.45, 2.75) is 27.7 Å². The van der Waals surface area contributed by atoms with E-state index in [1.165, 1.54) is 5.56 Å². The molecule has 6 heteroatoms. The Balaban J connectivity index is 1.71. The molecule has 6 nitrogen and oxygen atoms in total. The summed E-state index contributed by atoms with van der Waals surface area (Å²) in [7, 11) is 0. The molecule has 33 heavy (non-hydrogen) atoms. The van der Waals surface area contributed by atoms with Crippen LogP contribution < -0.4 is 15.4 Å². The fourth-order valence-corrected chi connectivity index (χ4v) is 3.70. The summed E-state index contributed by atoms with van der Waals surface area (Å²) in [4.78, 5) is 9.19. The van der Waals surface area contributed by atoms with Crippen LogP contribution in [0.3, 0.4) is 0 Å². The molecular weight excluding hydrogens is 410 g/mol. The van der Waals surface area contributed by atoms with Crippen molar-refractivity contribution in [1.29, 1.82) is 5.26 Å². The zero-order chi connectivity index (χ0) is 23.4. The number of ether oxygens (including phenoxy) is 1. The van der Waals surface area contributed by atoms with Crippen LogP contribution in [0.4, 0.5) is 23.1 Å². The summed E-state index contributed by atoms with van der Waals surface area (Å²) in [5.74, 6) is 2.14. The van der Waals surface area contributed by atoms with Crippen molar-refractivity contribution in [2.75, 3.05) is 10.6 Å². The zero-order valence-electron chi connectivity index (χ0n) is 19.1. The van der Waals surface area contributed by atoms with Gasteiger partial charge < -0.3 is 15.4 Å². The second-order valence-corrected chi connectivity index (χ2v) is 8.06. The monoisotopic (exact) mass is 435 g/mol. The number of anilines is 4. The van der Waals surface area contributed by atoms with Gasteiger partial charge in [-0.2, -0.15) is 15.2 Å². The van der Waals surface area contributed by atoms with Crippen molar-refractivity contribution >= 4 is 23.1 Å². The van der Waals surface area contributed by atoms with Crippen molar-refractivity contribution in [3.05, 3.63) is 94.5 Å². The lowest BCUT2D eigenvalue weighted by Gasteiger charge is -2.15. The van der Waals surface area contributed by atoms with Crippen molar-refractivity contribution in [1.82, 2.24) is 9.97 Å². The Hall–Kier alpha value is -4.37. The third-order valence-electron chi connectivity index (χ3n) is 5.05. The maximum Gasteiger partial charge on any atom is 0.232 e. The summed E-state index contributed by atoms with van der Waals surface area (Å²) >= 11 is 0. The number of nitrogens with zero attached hydrogens (tertiary/aromatic N) is 3. The quantitative estimate of drug-likeness (QED) is 0.344. The molecule has 2 N–H and O–H groups in total. The van der Waals surface area contributed by atoms with Gasteiger partial charge in [-0.15, -0.1) is 0 Å². The summed E-state index contributed by atoms with van der Waals surface area (Å²) in [6.45, 7) is 8.15. The smallest absolute Gasteiger partial charge is 0.232 e. The number of benzene rings is 3. The number of aromatic nitrogens is 2. The predicted octanol–water partition coefficient (Wildman–Crippen LogP) is 6.86. The standard InChI is InChI=1S/C27H25N5O/c1-17-7-5-9-22(13-17)29-24-15-25(33-26-19(3)11-18(2)12-20(26)4)32-27(31-24)30-23-10-6-8-21(14-23)16-28/h5-15H,1-4H3,(H2,29,30,31,32). The molecule has 1 aromatic heterocycles. The van der Waals surface area contributed by atoms with Crippen LogP contribution in [-0.2, 0) is 0 Å². The average Bonchev–Trinajstić information content (AvgIpc) is 2.76. The summed E-state index contributed by atoms with van der Waals surface area (Å²) in [5.41, 5.74) is 6.59. The molecule has 0 bridgehead atoms. The Morgan fingerprint density at radius 3 is 2.15 bits per heavy atom. The van der Waals surface area contributed by atoms with E-state index in [1.54, 1.807) is 18.2 Å². The lowest BCUT2D eigenvalue weighted by Crippen LogP contribution is -2.03. The van der Waals surface area contributed by atoms with E-state index >= 15 is 0 Å². The first-order valence-electron chi connectivity index (χ1n) is 10.7. The third kappa shape index (κ3) is 5.46. The highest BCUT2D eigenvalue weighted by Crippen LogP contribution is 2.31. The summed E-state index contributed by atoms with van der Waals surface area (Å²) in [5, 5.41) is 15.7. The van der Waals surface area contributed by atoms with E-state index in [4.69, 9.17) is 4.74 Å². The van der Waals surface area contributed by atoms with Crippen molar-refractivity contribution < 1.29 is 4.74 Å². The van der Waals surface area contributed by atoms with Gasteiger partial charge in [0.2, 0.25) is 11.8 Å². The van der Waals surface area contributed by atoms with E-state index in [1.807, 2.05) is 57.2 Å². The van der Waals surface area contributed by atoms with Gasteiger partial charge in [0, 0.05) is 17.4 Å². The van der Waals surface area contributed by atoms with Gasteiger partial charge in [0.25, 0.3) is 0 Å². The summed E-state index contributed by atoms with van der Waals surface area (Å²) in [6.07, 6.45) is 0. The molecule has 3 aromatic carbocycles. The Morgan fingerprint density at radius 2 is 1.45 bits per heavy atom. The lowest BCUT2D eigenvalue weighted by atomic mass is 10.1. The highest BCUT2D eigenvalue weighted by atomic mass is 16.5. The topological polar surface area (TPSA) is 82.9 Å². The van der Waals surface area contributed by atoms with Gasteiger partial charge in [-0.25, -0.2) is 0 Å². The van der Waals surface area contributed by atoms with Crippen LogP contribution in [0.15, 0.2) is 66.7 Å². The van der Waals surface area contributed by atoms with Gasteiger partial charge in [-0.1, -0.05) is 35.9 Å². The van der Waals surface area contributed by atoms with Crippen LogP contribution in [0.5, 0.6) is 11.6 Å². The molecule has 0 saturated heterocycles. The highest BCUT2D eigenvalue weighted by Gasteiger charge is 2.12. The number of aryl methyl sites for hydroxylation is 4. The van der Waals surface area contributed by atoms with Crippen LogP contribution in [0, 0.1) is 39.0 Å². The normalized spacial score (nSPS) is 10.4. The molecule has 164 valence electrons. The van der Waals surface area contributed by atoms with Crippen LogP contribution in [0.1, 0.15) is 27.8 Å².